The fourth-order valence-corrected chi connectivity index (χ4v) is 9.00. The molecule has 57 heavy (non-hydrogen) atoms. The fraction of sp³-hybridized carbons (Fsp3) is 0. The maximum Gasteiger partial charge on any atom is 0.162 e. The van der Waals surface area contributed by atoms with Crippen LogP contribution >= 0.6 is 0 Å². The highest BCUT2D eigenvalue weighted by Gasteiger charge is 2.24. The molecule has 12 rings (SSSR count). The largest absolute Gasteiger partial charge is 0.309 e. The van der Waals surface area contributed by atoms with Crippen molar-refractivity contribution in [1.29, 1.82) is 0 Å². The van der Waals surface area contributed by atoms with Gasteiger partial charge in [-0.3, -0.25) is 4.57 Å². The normalized spacial score (nSPS) is 11.9. The van der Waals surface area contributed by atoms with Gasteiger partial charge in [0.05, 0.1) is 44.5 Å². The predicted octanol–water partition coefficient (Wildman–Crippen LogP) is 13.1. The lowest BCUT2D eigenvalue weighted by atomic mass is 10.1. The molecule has 8 aromatic carbocycles. The third kappa shape index (κ3) is 4.76. The fourth-order valence-electron chi connectivity index (χ4n) is 9.00. The van der Waals surface area contributed by atoms with Crippen LogP contribution in [-0.4, -0.2) is 23.7 Å². The molecule has 5 nitrogen and oxygen atoms in total. The Morgan fingerprint density at radius 3 is 1.26 bits per heavy atom. The second-order valence-electron chi connectivity index (χ2n) is 14.6. The molecule has 0 atom stereocenters. The van der Waals surface area contributed by atoms with Crippen LogP contribution in [0.1, 0.15) is 0 Å². The van der Waals surface area contributed by atoms with Crippen molar-refractivity contribution in [3.05, 3.63) is 200 Å². The molecule has 0 unspecified atom stereocenters. The summed E-state index contributed by atoms with van der Waals surface area (Å²) in [6, 6.07) is 71.3. The first kappa shape index (κ1) is 31.6. The van der Waals surface area contributed by atoms with Crippen molar-refractivity contribution in [1.82, 2.24) is 23.7 Å². The molecule has 0 fully saturated rings. The Morgan fingerprint density at radius 1 is 0.316 bits per heavy atom. The number of hydrogen-bond acceptors (Lipinski definition) is 2. The predicted molar refractivity (Wildman–Crippen MR) is 236 cm³/mol. The summed E-state index contributed by atoms with van der Waals surface area (Å²) in [5.41, 5.74) is 11.8. The Morgan fingerprint density at radius 2 is 0.737 bits per heavy atom. The van der Waals surface area contributed by atoms with Crippen LogP contribution in [0.4, 0.5) is 0 Å². The molecular formula is C52H33N5. The summed E-state index contributed by atoms with van der Waals surface area (Å²) >= 11 is 0. The van der Waals surface area contributed by atoms with E-state index in [2.05, 4.69) is 190 Å². The lowest BCUT2D eigenvalue weighted by Gasteiger charge is -2.17. The highest BCUT2D eigenvalue weighted by Crippen LogP contribution is 2.43. The van der Waals surface area contributed by atoms with Gasteiger partial charge in [-0.1, -0.05) is 152 Å². The van der Waals surface area contributed by atoms with Gasteiger partial charge in [0.1, 0.15) is 5.82 Å². The van der Waals surface area contributed by atoms with E-state index in [1.165, 1.54) is 32.6 Å². The van der Waals surface area contributed by atoms with Crippen LogP contribution in [-0.2, 0) is 0 Å². The van der Waals surface area contributed by atoms with Gasteiger partial charge in [0, 0.05) is 55.2 Å². The summed E-state index contributed by atoms with van der Waals surface area (Å²) in [7, 11) is 0. The second kappa shape index (κ2) is 12.4. The Bertz CT molecular complexity index is 3350. The van der Waals surface area contributed by atoms with E-state index < -0.39 is 0 Å². The monoisotopic (exact) mass is 727 g/mol. The molecule has 0 saturated carbocycles. The zero-order valence-electron chi connectivity index (χ0n) is 30.8. The standard InChI is InChI=1S/C52H33N5/c1-3-17-34(18-4-1)43-33-50(54-52(53-43)35-19-5-2-6-20-35)57-48-30-16-11-25-41(48)42-31-36(55-44-26-12-7-21-37(44)38-22-8-13-27-45(38)55)32-49(51(42)57)56-46-28-14-9-23-39(46)40-24-10-15-29-47(40)56/h1-33H. The SMILES string of the molecule is c1ccc(-c2cc(-n3c4ccccc4c4cc(-n5c6ccccc6c6ccccc65)cc(-n5c6ccccc6c6ccccc65)c43)nc(-c3ccccc3)n2)cc1. The van der Waals surface area contributed by atoms with Gasteiger partial charge in [-0.2, -0.15) is 0 Å². The van der Waals surface area contributed by atoms with E-state index in [-0.39, 0.29) is 0 Å². The molecule has 0 aliphatic carbocycles. The molecule has 0 aliphatic rings. The number of hydrogen-bond donors (Lipinski definition) is 0. The molecule has 4 aromatic heterocycles. The first-order valence-electron chi connectivity index (χ1n) is 19.3. The van der Waals surface area contributed by atoms with Crippen LogP contribution in [0, 0.1) is 0 Å². The van der Waals surface area contributed by atoms with Crippen LogP contribution < -0.4 is 0 Å². The van der Waals surface area contributed by atoms with Gasteiger partial charge in [-0.25, -0.2) is 9.97 Å². The minimum atomic E-state index is 0.679. The van der Waals surface area contributed by atoms with E-state index in [9.17, 15) is 0 Å². The van der Waals surface area contributed by atoms with E-state index >= 15 is 0 Å². The highest BCUT2D eigenvalue weighted by atomic mass is 15.1. The number of rotatable bonds is 5. The molecule has 4 heterocycles. The van der Waals surface area contributed by atoms with Gasteiger partial charge in [0.25, 0.3) is 0 Å². The molecule has 5 heteroatoms. The lowest BCUT2D eigenvalue weighted by molar-refractivity contribution is 1.04. The molecule has 0 amide bonds. The molecule has 0 bridgehead atoms. The number of nitrogens with zero attached hydrogens (tertiary/aromatic N) is 5. The topological polar surface area (TPSA) is 40.6 Å². The summed E-state index contributed by atoms with van der Waals surface area (Å²) in [4.78, 5) is 10.6. The van der Waals surface area contributed by atoms with Crippen LogP contribution in [0.2, 0.25) is 0 Å². The lowest BCUT2D eigenvalue weighted by Crippen LogP contribution is -2.06. The van der Waals surface area contributed by atoms with Gasteiger partial charge in [-0.15, -0.1) is 0 Å². The third-order valence-electron chi connectivity index (χ3n) is 11.4. The van der Waals surface area contributed by atoms with Gasteiger partial charge >= 0.3 is 0 Å². The Balaban J connectivity index is 1.28. The van der Waals surface area contributed by atoms with Gasteiger partial charge in [0.15, 0.2) is 5.82 Å². The van der Waals surface area contributed by atoms with Gasteiger partial charge < -0.3 is 9.13 Å². The third-order valence-corrected chi connectivity index (χ3v) is 11.4. The average molecular weight is 728 g/mol. The van der Waals surface area contributed by atoms with Crippen molar-refractivity contribution in [2.75, 3.05) is 0 Å². The number of benzene rings is 8. The summed E-state index contributed by atoms with van der Waals surface area (Å²) in [5, 5.41) is 7.19. The van der Waals surface area contributed by atoms with E-state index in [1.807, 2.05) is 24.3 Å². The zero-order valence-corrected chi connectivity index (χ0v) is 30.8. The minimum absolute atomic E-state index is 0.679. The first-order valence-corrected chi connectivity index (χ1v) is 19.3. The number of para-hydroxylation sites is 5. The smallest absolute Gasteiger partial charge is 0.162 e. The Labute approximate surface area is 328 Å². The summed E-state index contributed by atoms with van der Waals surface area (Å²) < 4.78 is 7.25. The quantitative estimate of drug-likeness (QED) is 0.177. The summed E-state index contributed by atoms with van der Waals surface area (Å²) in [5.74, 6) is 1.48. The molecule has 266 valence electrons. The molecule has 0 N–H and O–H groups in total. The molecular weight excluding hydrogens is 695 g/mol. The van der Waals surface area contributed by atoms with Crippen LogP contribution in [0.3, 0.4) is 0 Å². The minimum Gasteiger partial charge on any atom is -0.309 e. The van der Waals surface area contributed by atoms with Crippen LogP contribution in [0.5, 0.6) is 0 Å². The first-order chi connectivity index (χ1) is 28.3. The zero-order chi connectivity index (χ0) is 37.5. The van der Waals surface area contributed by atoms with E-state index in [0.717, 1.165) is 66.9 Å². The second-order valence-corrected chi connectivity index (χ2v) is 14.6. The van der Waals surface area contributed by atoms with Gasteiger partial charge in [0.2, 0.25) is 0 Å². The summed E-state index contributed by atoms with van der Waals surface area (Å²) in [6.07, 6.45) is 0. The Kier molecular flexibility index (Phi) is 6.86. The molecule has 12 aromatic rings. The van der Waals surface area contributed by atoms with Crippen molar-refractivity contribution >= 4 is 65.4 Å². The summed E-state index contributed by atoms with van der Waals surface area (Å²) in [6.45, 7) is 0. The van der Waals surface area contributed by atoms with Crippen LogP contribution in [0.25, 0.3) is 105 Å². The molecule has 0 spiro atoms. The van der Waals surface area contributed by atoms with Crippen molar-refractivity contribution in [2.24, 2.45) is 0 Å². The van der Waals surface area contributed by atoms with Crippen molar-refractivity contribution in [3.8, 4) is 39.8 Å². The highest BCUT2D eigenvalue weighted by molar-refractivity contribution is 6.16. The van der Waals surface area contributed by atoms with E-state index in [4.69, 9.17) is 9.97 Å². The van der Waals surface area contributed by atoms with Crippen LogP contribution in [0.15, 0.2) is 200 Å². The maximum atomic E-state index is 5.41. The van der Waals surface area contributed by atoms with Crippen molar-refractivity contribution in [2.45, 2.75) is 0 Å². The molecule has 0 aliphatic heterocycles. The Hall–Kier alpha value is -7.76. The molecule has 0 radical (unpaired) electrons. The number of aromatic nitrogens is 5. The van der Waals surface area contributed by atoms with Gasteiger partial charge in [-0.05, 0) is 42.5 Å². The van der Waals surface area contributed by atoms with E-state index in [1.54, 1.807) is 0 Å². The molecule has 0 saturated heterocycles. The van der Waals surface area contributed by atoms with Crippen molar-refractivity contribution < 1.29 is 0 Å². The average Bonchev–Trinajstić information content (AvgIpc) is 3.93. The maximum absolute atomic E-state index is 5.41. The van der Waals surface area contributed by atoms with Crippen molar-refractivity contribution in [3.63, 3.8) is 0 Å². The van der Waals surface area contributed by atoms with E-state index in [0.29, 0.717) is 5.82 Å². The number of fused-ring (bicyclic) bond motifs is 9.